The van der Waals surface area contributed by atoms with E-state index in [4.69, 9.17) is 4.11 Å². The van der Waals surface area contributed by atoms with Crippen molar-refractivity contribution in [3.63, 3.8) is 0 Å². The van der Waals surface area contributed by atoms with Crippen LogP contribution in [0.2, 0.25) is 0 Å². The fraction of sp³-hybridized carbons (Fsp3) is 0.281. The highest BCUT2D eigenvalue weighted by atomic mass is 14.9. The summed E-state index contributed by atoms with van der Waals surface area (Å²) in [5, 5.41) is 12.5. The Morgan fingerprint density at radius 2 is 0.773 bits per heavy atom. The van der Waals surface area contributed by atoms with E-state index in [1.807, 2.05) is 19.1 Å². The van der Waals surface area contributed by atoms with Crippen molar-refractivity contribution in [1.29, 1.82) is 0 Å². The molecule has 0 amide bonds. The normalized spacial score (nSPS) is 14.5. The number of nitrogens with zero attached hydrogens (tertiary/aromatic N) is 2. The Labute approximate surface area is 393 Å². The largest absolute Gasteiger partial charge is 0.308 e. The lowest BCUT2D eigenvalue weighted by Crippen LogP contribution is -2.11. The quantitative estimate of drug-likeness (QED) is 0.164. The number of aromatic nitrogens is 2. The predicted molar refractivity (Wildman–Crippen MR) is 288 cm³/mol. The van der Waals surface area contributed by atoms with Crippen LogP contribution in [-0.2, 0) is 21.7 Å². The lowest BCUT2D eigenvalue weighted by Gasteiger charge is -2.21. The van der Waals surface area contributed by atoms with E-state index < -0.39 is 6.85 Å². The Bertz CT molecular complexity index is 3950. The Hall–Kier alpha value is -6.38. The van der Waals surface area contributed by atoms with E-state index in [0.717, 1.165) is 27.5 Å². The van der Waals surface area contributed by atoms with Crippen molar-refractivity contribution in [3.8, 4) is 22.3 Å². The lowest BCUT2D eigenvalue weighted by atomic mass is 9.83. The fourth-order valence-corrected chi connectivity index (χ4v) is 11.4. The molecule has 66 heavy (non-hydrogen) atoms. The average Bonchev–Trinajstić information content (AvgIpc) is 3.99. The molecule has 0 aliphatic carbocycles. The molecule has 2 heteroatoms. The van der Waals surface area contributed by atoms with Gasteiger partial charge in [0.15, 0.2) is 0 Å². The van der Waals surface area contributed by atoms with E-state index in [2.05, 4.69) is 195 Å². The molecule has 0 N–H and O–H groups in total. The van der Waals surface area contributed by atoms with Gasteiger partial charge in [-0.25, -0.2) is 0 Å². The molecule has 0 aliphatic rings. The molecule has 0 saturated carbocycles. The zero-order valence-corrected chi connectivity index (χ0v) is 40.9. The zero-order valence-electron chi connectivity index (χ0n) is 43.9. The Kier molecular flexibility index (Phi) is 7.54. The van der Waals surface area contributed by atoms with E-state index in [9.17, 15) is 0 Å². The molecule has 0 radical (unpaired) electrons. The maximum absolute atomic E-state index is 8.40. The van der Waals surface area contributed by atoms with Gasteiger partial charge >= 0.3 is 0 Å². The van der Waals surface area contributed by atoms with Gasteiger partial charge in [-0.3, -0.25) is 0 Å². The molecule has 4 heterocycles. The summed E-state index contributed by atoms with van der Waals surface area (Å²) in [4.78, 5) is 0. The van der Waals surface area contributed by atoms with E-state index in [-0.39, 0.29) is 21.7 Å². The highest BCUT2D eigenvalue weighted by Gasteiger charge is 2.31. The standard InChI is InChI=1S/C64H62N2/c1-35-16-15-17-36(2)55(35)39-20-18-38-27-40(21-19-37(38)26-39)56-57-49-32-43(63(9,10)11)30-47-45-28-41(61(3,4)5)22-24-51(45)65(59(47)49)53(57)34-54-58(56)50-33-44(64(12,13)14)31-48-46-29-42(62(6,7)8)23-25-52(46)66(54)60(48)50/h15-34H,1-14H3/i1D3. The van der Waals surface area contributed by atoms with Gasteiger partial charge in [-0.2, -0.15) is 0 Å². The van der Waals surface area contributed by atoms with Crippen LogP contribution in [0.1, 0.15) is 121 Å². The minimum atomic E-state index is -2.22. The fourth-order valence-electron chi connectivity index (χ4n) is 11.4. The van der Waals surface area contributed by atoms with E-state index in [1.54, 1.807) is 6.07 Å². The number of hydrogen-bond donors (Lipinski definition) is 0. The SMILES string of the molecule is [2H]C([2H])([2H])c1cccc(C)c1-c1ccc2cc(-c3c4c5cc(C(C)(C)C)cc6c7cc(C(C)(C)C)ccc7n(c4cc4c3c3cc(C(C)(C)C)cc7c8cc(C(C)(C)C)ccc8n4c73)c65)ccc2c1. The Balaban J connectivity index is 1.28. The summed E-state index contributed by atoms with van der Waals surface area (Å²) in [6, 6.07) is 45.9. The minimum absolute atomic E-state index is 0.00299. The second-order valence-electron chi connectivity index (χ2n) is 23.8. The molecule has 12 aromatic rings. The minimum Gasteiger partial charge on any atom is -0.308 e. The highest BCUT2D eigenvalue weighted by Crippen LogP contribution is 2.52. The molecule has 0 atom stereocenters. The summed E-state index contributed by atoms with van der Waals surface area (Å²) >= 11 is 0. The number of aryl methyl sites for hydroxylation is 2. The average molecular weight is 862 g/mol. The van der Waals surface area contributed by atoms with Gasteiger partial charge < -0.3 is 8.80 Å². The number of hydrogen-bond acceptors (Lipinski definition) is 0. The van der Waals surface area contributed by atoms with E-state index in [0.29, 0.717) is 5.56 Å². The summed E-state index contributed by atoms with van der Waals surface area (Å²) in [7, 11) is 0. The summed E-state index contributed by atoms with van der Waals surface area (Å²) < 4.78 is 30.4. The molecule has 0 unspecified atom stereocenters. The third-order valence-electron chi connectivity index (χ3n) is 15.2. The molecule has 8 aromatic carbocycles. The molecule has 0 fully saturated rings. The Morgan fingerprint density at radius 1 is 0.364 bits per heavy atom. The summed E-state index contributed by atoms with van der Waals surface area (Å²) in [6.45, 7) is 27.7. The van der Waals surface area contributed by atoms with Gasteiger partial charge in [-0.15, -0.1) is 0 Å². The van der Waals surface area contributed by atoms with Crippen LogP contribution >= 0.6 is 0 Å². The second-order valence-corrected chi connectivity index (χ2v) is 23.8. The van der Waals surface area contributed by atoms with Crippen LogP contribution < -0.4 is 0 Å². The van der Waals surface area contributed by atoms with Crippen LogP contribution in [0.5, 0.6) is 0 Å². The van der Waals surface area contributed by atoms with Crippen molar-refractivity contribution in [2.75, 3.05) is 0 Å². The van der Waals surface area contributed by atoms with Crippen molar-refractivity contribution in [1.82, 2.24) is 8.80 Å². The van der Waals surface area contributed by atoms with Crippen LogP contribution in [0.25, 0.3) is 109 Å². The molecular formula is C64H62N2. The van der Waals surface area contributed by atoms with Crippen molar-refractivity contribution < 1.29 is 4.11 Å². The van der Waals surface area contributed by atoms with Gasteiger partial charge in [0.1, 0.15) is 0 Å². The first-order valence-corrected chi connectivity index (χ1v) is 23.9. The molecular weight excluding hydrogens is 797 g/mol. The first-order valence-electron chi connectivity index (χ1n) is 25.4. The second kappa shape index (κ2) is 13.2. The van der Waals surface area contributed by atoms with Crippen LogP contribution in [-0.4, -0.2) is 8.80 Å². The van der Waals surface area contributed by atoms with Gasteiger partial charge in [0.05, 0.1) is 33.1 Å². The number of fused-ring (bicyclic) bond motifs is 13. The van der Waals surface area contributed by atoms with Gasteiger partial charge in [0.2, 0.25) is 0 Å². The third-order valence-corrected chi connectivity index (χ3v) is 15.2. The first-order chi connectivity index (χ1) is 32.3. The molecule has 0 aliphatic heterocycles. The summed E-state index contributed by atoms with van der Waals surface area (Å²) in [6.07, 6.45) is 0. The van der Waals surface area contributed by atoms with Crippen LogP contribution in [0.4, 0.5) is 0 Å². The lowest BCUT2D eigenvalue weighted by molar-refractivity contribution is 0.590. The summed E-state index contributed by atoms with van der Waals surface area (Å²) in [5.74, 6) is 0. The van der Waals surface area contributed by atoms with Gasteiger partial charge in [0.25, 0.3) is 0 Å². The zero-order chi connectivity index (χ0) is 48.8. The molecule has 0 bridgehead atoms. The van der Waals surface area contributed by atoms with E-state index in [1.165, 1.54) is 110 Å². The molecule has 328 valence electrons. The molecule has 0 spiro atoms. The summed E-state index contributed by atoms with van der Waals surface area (Å²) in [5.41, 5.74) is 18.1. The Morgan fingerprint density at radius 3 is 1.21 bits per heavy atom. The smallest absolute Gasteiger partial charge is 0.0620 e. The van der Waals surface area contributed by atoms with Crippen LogP contribution in [0.15, 0.2) is 121 Å². The van der Waals surface area contributed by atoms with Crippen LogP contribution in [0, 0.1) is 13.8 Å². The topological polar surface area (TPSA) is 8.82 Å². The van der Waals surface area contributed by atoms with E-state index >= 15 is 0 Å². The van der Waals surface area contributed by atoms with Crippen molar-refractivity contribution in [2.45, 2.75) is 119 Å². The third kappa shape index (κ3) is 5.73. The van der Waals surface area contributed by atoms with Gasteiger partial charge in [-0.05, 0) is 163 Å². The van der Waals surface area contributed by atoms with Gasteiger partial charge in [0, 0.05) is 52.8 Å². The maximum Gasteiger partial charge on any atom is 0.0620 e. The molecule has 12 rings (SSSR count). The van der Waals surface area contributed by atoms with Crippen LogP contribution in [0.3, 0.4) is 0 Å². The number of rotatable bonds is 2. The van der Waals surface area contributed by atoms with Crippen molar-refractivity contribution in [2.24, 2.45) is 0 Å². The maximum atomic E-state index is 8.40. The van der Waals surface area contributed by atoms with Crippen molar-refractivity contribution >= 4 is 87.0 Å². The molecule has 0 saturated heterocycles. The molecule has 4 aromatic heterocycles. The predicted octanol–water partition coefficient (Wildman–Crippen LogP) is 18.3. The number of benzene rings is 8. The molecule has 2 nitrogen and oxygen atoms in total. The van der Waals surface area contributed by atoms with Gasteiger partial charge in [-0.1, -0.05) is 138 Å². The van der Waals surface area contributed by atoms with Crippen molar-refractivity contribution in [3.05, 3.63) is 155 Å². The first kappa shape index (κ1) is 37.8. The monoisotopic (exact) mass is 862 g/mol. The highest BCUT2D eigenvalue weighted by molar-refractivity contribution is 6.35.